The van der Waals surface area contributed by atoms with Crippen LogP contribution in [0.4, 0.5) is 0 Å². The van der Waals surface area contributed by atoms with Gasteiger partial charge in [-0.2, -0.15) is 0 Å². The molecule has 0 aliphatic rings. The molecule has 3 rings (SSSR count). The van der Waals surface area contributed by atoms with Crippen LogP contribution in [0.15, 0.2) is 54.6 Å². The van der Waals surface area contributed by atoms with Gasteiger partial charge < -0.3 is 9.88 Å². The van der Waals surface area contributed by atoms with Gasteiger partial charge in [0.25, 0.3) is 0 Å². The first-order valence-electron chi connectivity index (χ1n) is 8.10. The third-order valence-corrected chi connectivity index (χ3v) is 5.48. The van der Waals surface area contributed by atoms with E-state index >= 15 is 0 Å². The third kappa shape index (κ3) is 4.44. The smallest absolute Gasteiger partial charge is 0.227 e. The van der Waals surface area contributed by atoms with E-state index in [-0.39, 0.29) is 5.91 Å². The van der Waals surface area contributed by atoms with Crippen molar-refractivity contribution >= 4 is 29.5 Å². The minimum Gasteiger partial charge on any atom is -0.341 e. The summed E-state index contributed by atoms with van der Waals surface area (Å²) >= 11 is 6.61. The normalized spacial score (nSPS) is 10.6. The van der Waals surface area contributed by atoms with Crippen LogP contribution in [0.1, 0.15) is 16.1 Å². The lowest BCUT2D eigenvalue weighted by Gasteiger charge is -2.17. The predicted molar refractivity (Wildman–Crippen MR) is 106 cm³/mol. The Kier molecular flexibility index (Phi) is 5.46. The molecule has 0 unspecified atom stereocenters. The standard InChI is InChI=1S/C20H20N2OS2/c1-14-18(25-20(24)21-14)12-19(23)22(2)13-15-8-10-17(11-9-15)16-6-4-3-5-7-16/h3-11H,12-13H2,1-2H3,(H,21,24). The fourth-order valence-corrected chi connectivity index (χ4v) is 3.96. The molecule has 25 heavy (non-hydrogen) atoms. The van der Waals surface area contributed by atoms with Crippen LogP contribution >= 0.6 is 23.6 Å². The average molecular weight is 369 g/mol. The third-order valence-electron chi connectivity index (χ3n) is 4.14. The number of carbonyl (C=O) groups is 1. The van der Waals surface area contributed by atoms with Crippen LogP contribution in [-0.2, 0) is 17.8 Å². The number of aryl methyl sites for hydroxylation is 1. The highest BCUT2D eigenvalue weighted by atomic mass is 32.1. The monoisotopic (exact) mass is 368 g/mol. The largest absolute Gasteiger partial charge is 0.341 e. The second kappa shape index (κ2) is 7.76. The molecule has 3 aromatic rings. The Morgan fingerprint density at radius 2 is 1.72 bits per heavy atom. The SMILES string of the molecule is Cc1[nH]c(=S)sc1CC(=O)N(C)Cc1ccc(-c2ccccc2)cc1. The molecule has 0 radical (unpaired) electrons. The van der Waals surface area contributed by atoms with Crippen LogP contribution in [0.5, 0.6) is 0 Å². The fourth-order valence-electron chi connectivity index (χ4n) is 2.67. The highest BCUT2D eigenvalue weighted by Crippen LogP contribution is 2.20. The molecule has 0 spiro atoms. The molecule has 0 atom stereocenters. The van der Waals surface area contributed by atoms with E-state index in [0.717, 1.165) is 20.1 Å². The number of carbonyl (C=O) groups excluding carboxylic acids is 1. The predicted octanol–water partition coefficient (Wildman–Crippen LogP) is 4.98. The minimum atomic E-state index is 0.0977. The van der Waals surface area contributed by atoms with Crippen molar-refractivity contribution < 1.29 is 4.79 Å². The Balaban J connectivity index is 1.64. The maximum absolute atomic E-state index is 12.5. The topological polar surface area (TPSA) is 36.1 Å². The molecule has 2 aromatic carbocycles. The molecule has 1 N–H and O–H groups in total. The van der Waals surface area contributed by atoms with E-state index in [1.54, 1.807) is 4.90 Å². The molecule has 0 bridgehead atoms. The van der Waals surface area contributed by atoms with Crippen LogP contribution in [-0.4, -0.2) is 22.8 Å². The van der Waals surface area contributed by atoms with Gasteiger partial charge in [-0.15, -0.1) is 11.3 Å². The molecule has 5 heteroatoms. The molecule has 3 nitrogen and oxygen atoms in total. The summed E-state index contributed by atoms with van der Waals surface area (Å²) in [6.07, 6.45) is 0.391. The molecule has 0 saturated carbocycles. The number of aromatic nitrogens is 1. The van der Waals surface area contributed by atoms with E-state index in [4.69, 9.17) is 12.2 Å². The van der Waals surface area contributed by atoms with Gasteiger partial charge >= 0.3 is 0 Å². The lowest BCUT2D eigenvalue weighted by atomic mass is 10.0. The van der Waals surface area contributed by atoms with Gasteiger partial charge in [0.2, 0.25) is 5.91 Å². The second-order valence-electron chi connectivity index (χ2n) is 6.05. The van der Waals surface area contributed by atoms with E-state index in [1.165, 1.54) is 22.5 Å². The Hall–Kier alpha value is -2.24. The Morgan fingerprint density at radius 3 is 2.32 bits per heavy atom. The minimum absolute atomic E-state index is 0.0977. The number of nitrogens with one attached hydrogen (secondary N) is 1. The summed E-state index contributed by atoms with van der Waals surface area (Å²) in [7, 11) is 1.84. The Bertz CT molecular complexity index is 911. The van der Waals surface area contributed by atoms with Gasteiger partial charge in [0.05, 0.1) is 6.42 Å². The van der Waals surface area contributed by atoms with Crippen molar-refractivity contribution in [3.63, 3.8) is 0 Å². The molecule has 128 valence electrons. The van der Waals surface area contributed by atoms with E-state index in [0.29, 0.717) is 13.0 Å². The number of thiazole rings is 1. The molecule has 0 aliphatic carbocycles. The average Bonchev–Trinajstić information content (AvgIpc) is 2.93. The molecular weight excluding hydrogens is 348 g/mol. The molecule has 1 aromatic heterocycles. The van der Waals surface area contributed by atoms with Gasteiger partial charge in [-0.1, -0.05) is 54.6 Å². The number of aromatic amines is 1. The molecule has 0 aliphatic heterocycles. The Labute approximate surface area is 157 Å². The van der Waals surface area contributed by atoms with Crippen molar-refractivity contribution in [2.45, 2.75) is 19.9 Å². The summed E-state index contributed by atoms with van der Waals surface area (Å²) in [5, 5.41) is 0. The summed E-state index contributed by atoms with van der Waals surface area (Å²) in [5.41, 5.74) is 4.49. The van der Waals surface area contributed by atoms with E-state index in [1.807, 2.05) is 32.2 Å². The molecule has 1 amide bonds. The summed E-state index contributed by atoms with van der Waals surface area (Å²) in [6.45, 7) is 2.56. The highest BCUT2D eigenvalue weighted by Gasteiger charge is 2.13. The van der Waals surface area contributed by atoms with E-state index in [2.05, 4.69) is 41.4 Å². The van der Waals surface area contributed by atoms with Gasteiger partial charge in [0.1, 0.15) is 0 Å². The molecular formula is C20H20N2OS2. The maximum atomic E-state index is 12.5. The number of amides is 1. The summed E-state index contributed by atoms with van der Waals surface area (Å²) in [6, 6.07) is 18.6. The summed E-state index contributed by atoms with van der Waals surface area (Å²) in [5.74, 6) is 0.0977. The number of likely N-dealkylation sites (N-methyl/N-ethyl adjacent to an activating group) is 1. The lowest BCUT2D eigenvalue weighted by molar-refractivity contribution is -0.129. The number of rotatable bonds is 5. The zero-order valence-corrected chi connectivity index (χ0v) is 15.9. The Morgan fingerprint density at radius 1 is 1.08 bits per heavy atom. The number of benzene rings is 2. The molecule has 0 fully saturated rings. The lowest BCUT2D eigenvalue weighted by Crippen LogP contribution is -2.27. The van der Waals surface area contributed by atoms with Gasteiger partial charge in [-0.25, -0.2) is 0 Å². The second-order valence-corrected chi connectivity index (χ2v) is 7.82. The molecule has 0 saturated heterocycles. The first-order valence-corrected chi connectivity index (χ1v) is 9.32. The number of hydrogen-bond donors (Lipinski definition) is 1. The van der Waals surface area contributed by atoms with Gasteiger partial charge in [-0.05, 0) is 35.8 Å². The van der Waals surface area contributed by atoms with Crippen LogP contribution in [0.25, 0.3) is 11.1 Å². The van der Waals surface area contributed by atoms with Gasteiger partial charge in [0, 0.05) is 24.2 Å². The van der Waals surface area contributed by atoms with Crippen molar-refractivity contribution in [3.05, 3.63) is 74.7 Å². The van der Waals surface area contributed by atoms with Crippen molar-refractivity contribution in [3.8, 4) is 11.1 Å². The first-order chi connectivity index (χ1) is 12.0. The van der Waals surface area contributed by atoms with Gasteiger partial charge in [0.15, 0.2) is 3.95 Å². The quantitative estimate of drug-likeness (QED) is 0.645. The summed E-state index contributed by atoms with van der Waals surface area (Å²) < 4.78 is 0.722. The van der Waals surface area contributed by atoms with Crippen molar-refractivity contribution in [1.29, 1.82) is 0 Å². The van der Waals surface area contributed by atoms with E-state index in [9.17, 15) is 4.79 Å². The zero-order valence-electron chi connectivity index (χ0n) is 14.3. The van der Waals surface area contributed by atoms with Crippen molar-refractivity contribution in [2.75, 3.05) is 7.05 Å². The van der Waals surface area contributed by atoms with Crippen molar-refractivity contribution in [1.82, 2.24) is 9.88 Å². The first kappa shape index (κ1) is 17.6. The van der Waals surface area contributed by atoms with Crippen LogP contribution < -0.4 is 0 Å². The van der Waals surface area contributed by atoms with Crippen LogP contribution in [0.2, 0.25) is 0 Å². The van der Waals surface area contributed by atoms with Crippen molar-refractivity contribution in [2.24, 2.45) is 0 Å². The van der Waals surface area contributed by atoms with E-state index < -0.39 is 0 Å². The van der Waals surface area contributed by atoms with Crippen LogP contribution in [0, 0.1) is 10.9 Å². The fraction of sp³-hybridized carbons (Fsp3) is 0.200. The van der Waals surface area contributed by atoms with Crippen LogP contribution in [0.3, 0.4) is 0 Å². The maximum Gasteiger partial charge on any atom is 0.227 e. The number of H-pyrrole nitrogens is 1. The molecule has 1 heterocycles. The van der Waals surface area contributed by atoms with Gasteiger partial charge in [-0.3, -0.25) is 4.79 Å². The zero-order chi connectivity index (χ0) is 17.8. The highest BCUT2D eigenvalue weighted by molar-refractivity contribution is 7.73. The number of nitrogens with zero attached hydrogens (tertiary/aromatic N) is 1. The summed E-state index contributed by atoms with van der Waals surface area (Å²) in [4.78, 5) is 18.3. The number of hydrogen-bond acceptors (Lipinski definition) is 3.